The largest absolute Gasteiger partial charge is 0.492 e. The van der Waals surface area contributed by atoms with Crippen LogP contribution in [0.1, 0.15) is 18.1 Å². The molecule has 0 heterocycles. The molecule has 2 aromatic carbocycles. The maximum Gasteiger partial charge on any atom is 0.138 e. The van der Waals surface area contributed by atoms with Crippen molar-refractivity contribution in [2.75, 3.05) is 6.61 Å². The lowest BCUT2D eigenvalue weighted by Crippen LogP contribution is -2.15. The summed E-state index contributed by atoms with van der Waals surface area (Å²) in [6.07, 6.45) is 0. The van der Waals surface area contributed by atoms with Crippen LogP contribution in [-0.2, 0) is 18.0 Å². The fourth-order valence-electron chi connectivity index (χ4n) is 1.89. The predicted molar refractivity (Wildman–Crippen MR) is 91.1 cm³/mol. The van der Waals surface area contributed by atoms with Gasteiger partial charge in [-0.15, -0.1) is 0 Å². The molecule has 0 amide bonds. The summed E-state index contributed by atoms with van der Waals surface area (Å²) in [7, 11) is 0. The SMILES string of the molecule is CCOc1c(Br)cc(Br)cc1CNOCc1ccccc1. The molecule has 0 atom stereocenters. The van der Waals surface area contributed by atoms with Gasteiger partial charge in [0, 0.05) is 16.6 Å². The molecule has 2 aromatic rings. The van der Waals surface area contributed by atoms with E-state index in [1.165, 1.54) is 0 Å². The molecule has 0 fully saturated rings. The van der Waals surface area contributed by atoms with Crippen molar-refractivity contribution in [2.24, 2.45) is 0 Å². The normalized spacial score (nSPS) is 10.6. The Kier molecular flexibility index (Phi) is 6.70. The molecule has 0 aliphatic carbocycles. The molecule has 21 heavy (non-hydrogen) atoms. The van der Waals surface area contributed by atoms with Crippen LogP contribution in [-0.4, -0.2) is 6.61 Å². The van der Waals surface area contributed by atoms with Crippen molar-refractivity contribution in [3.05, 3.63) is 62.5 Å². The van der Waals surface area contributed by atoms with Crippen LogP contribution in [0.2, 0.25) is 0 Å². The van der Waals surface area contributed by atoms with Crippen molar-refractivity contribution in [3.8, 4) is 5.75 Å². The highest BCUT2D eigenvalue weighted by molar-refractivity contribution is 9.11. The number of benzene rings is 2. The van der Waals surface area contributed by atoms with E-state index in [2.05, 4.69) is 37.3 Å². The van der Waals surface area contributed by atoms with Crippen LogP contribution in [0.5, 0.6) is 5.75 Å². The van der Waals surface area contributed by atoms with Crippen molar-refractivity contribution >= 4 is 31.9 Å². The fraction of sp³-hybridized carbons (Fsp3) is 0.250. The molecule has 0 aromatic heterocycles. The molecule has 112 valence electrons. The molecule has 0 unspecified atom stereocenters. The fourth-order valence-corrected chi connectivity index (χ4v) is 3.32. The molecule has 0 saturated carbocycles. The molecule has 5 heteroatoms. The first-order valence-electron chi connectivity index (χ1n) is 6.70. The number of rotatable bonds is 7. The lowest BCUT2D eigenvalue weighted by molar-refractivity contribution is 0.0230. The Balaban J connectivity index is 1.93. The third kappa shape index (κ3) is 5.11. The second-order valence-corrected chi connectivity index (χ2v) is 6.17. The Morgan fingerprint density at radius 2 is 1.86 bits per heavy atom. The van der Waals surface area contributed by atoms with Gasteiger partial charge >= 0.3 is 0 Å². The van der Waals surface area contributed by atoms with E-state index < -0.39 is 0 Å². The standard InChI is InChI=1S/C16H17Br2NO2/c1-2-20-16-13(8-14(17)9-15(16)18)10-19-21-11-12-6-4-3-5-7-12/h3-9,19H,2,10-11H2,1H3. The average molecular weight is 415 g/mol. The maximum atomic E-state index is 5.67. The Morgan fingerprint density at radius 1 is 1.10 bits per heavy atom. The second kappa shape index (κ2) is 8.54. The molecule has 0 aliphatic rings. The molecule has 0 radical (unpaired) electrons. The number of hydrogen-bond donors (Lipinski definition) is 1. The summed E-state index contributed by atoms with van der Waals surface area (Å²) in [5, 5.41) is 0. The van der Waals surface area contributed by atoms with Gasteiger partial charge in [-0.1, -0.05) is 46.3 Å². The third-order valence-electron chi connectivity index (χ3n) is 2.82. The Labute approximate surface area is 141 Å². The van der Waals surface area contributed by atoms with Gasteiger partial charge in [0.05, 0.1) is 17.7 Å². The monoisotopic (exact) mass is 413 g/mol. The molecular weight excluding hydrogens is 398 g/mol. The molecule has 2 rings (SSSR count). The first kappa shape index (κ1) is 16.5. The summed E-state index contributed by atoms with van der Waals surface area (Å²) < 4.78 is 7.60. The first-order valence-corrected chi connectivity index (χ1v) is 8.28. The maximum absolute atomic E-state index is 5.67. The van der Waals surface area contributed by atoms with Crippen molar-refractivity contribution in [2.45, 2.75) is 20.1 Å². The summed E-state index contributed by atoms with van der Waals surface area (Å²) in [6.45, 7) is 3.69. The highest BCUT2D eigenvalue weighted by Crippen LogP contribution is 2.32. The van der Waals surface area contributed by atoms with Crippen LogP contribution in [0.3, 0.4) is 0 Å². The number of ether oxygens (including phenoxy) is 1. The smallest absolute Gasteiger partial charge is 0.138 e. The van der Waals surface area contributed by atoms with Crippen LogP contribution in [0.15, 0.2) is 51.4 Å². The molecule has 0 bridgehead atoms. The zero-order valence-electron chi connectivity index (χ0n) is 11.7. The topological polar surface area (TPSA) is 30.5 Å². The van der Waals surface area contributed by atoms with E-state index >= 15 is 0 Å². The van der Waals surface area contributed by atoms with E-state index in [-0.39, 0.29) is 0 Å². The van der Waals surface area contributed by atoms with Gasteiger partial charge < -0.3 is 4.74 Å². The molecule has 0 saturated heterocycles. The van der Waals surface area contributed by atoms with E-state index in [4.69, 9.17) is 9.57 Å². The highest BCUT2D eigenvalue weighted by atomic mass is 79.9. The summed E-state index contributed by atoms with van der Waals surface area (Å²) in [5.41, 5.74) is 5.15. The molecule has 0 aliphatic heterocycles. The van der Waals surface area contributed by atoms with Crippen LogP contribution in [0.4, 0.5) is 0 Å². The van der Waals surface area contributed by atoms with E-state index in [9.17, 15) is 0 Å². The minimum Gasteiger partial charge on any atom is -0.492 e. The van der Waals surface area contributed by atoms with E-state index in [0.717, 1.165) is 25.8 Å². The van der Waals surface area contributed by atoms with Crippen molar-refractivity contribution < 1.29 is 9.57 Å². The second-order valence-electron chi connectivity index (χ2n) is 4.40. The summed E-state index contributed by atoms with van der Waals surface area (Å²) in [6, 6.07) is 14.0. The number of halogens is 2. The van der Waals surface area contributed by atoms with Gasteiger partial charge in [0.25, 0.3) is 0 Å². The zero-order chi connectivity index (χ0) is 15.1. The summed E-state index contributed by atoms with van der Waals surface area (Å²) >= 11 is 7.01. The summed E-state index contributed by atoms with van der Waals surface area (Å²) in [5.74, 6) is 0.844. The van der Waals surface area contributed by atoms with Gasteiger partial charge in [-0.05, 0) is 40.5 Å². The van der Waals surface area contributed by atoms with Crippen molar-refractivity contribution in [1.82, 2.24) is 5.48 Å². The van der Waals surface area contributed by atoms with Gasteiger partial charge in [0.2, 0.25) is 0 Å². The predicted octanol–water partition coefficient (Wildman–Crippen LogP) is 4.83. The van der Waals surface area contributed by atoms with Gasteiger partial charge in [0.1, 0.15) is 5.75 Å². The van der Waals surface area contributed by atoms with Gasteiger partial charge in [-0.3, -0.25) is 4.84 Å². The van der Waals surface area contributed by atoms with Crippen LogP contribution < -0.4 is 10.2 Å². The van der Waals surface area contributed by atoms with Gasteiger partial charge in [-0.25, -0.2) is 0 Å². The van der Waals surface area contributed by atoms with Crippen LogP contribution >= 0.6 is 31.9 Å². The van der Waals surface area contributed by atoms with E-state index in [1.54, 1.807) is 0 Å². The molecule has 0 spiro atoms. The lowest BCUT2D eigenvalue weighted by atomic mass is 10.2. The minimum absolute atomic E-state index is 0.528. The Morgan fingerprint density at radius 3 is 2.57 bits per heavy atom. The Hall–Kier alpha value is -0.880. The van der Waals surface area contributed by atoms with Crippen molar-refractivity contribution in [3.63, 3.8) is 0 Å². The number of hydroxylamine groups is 1. The number of hydrogen-bond acceptors (Lipinski definition) is 3. The van der Waals surface area contributed by atoms with Crippen LogP contribution in [0.25, 0.3) is 0 Å². The lowest BCUT2D eigenvalue weighted by Gasteiger charge is -2.13. The van der Waals surface area contributed by atoms with E-state index in [1.807, 2.05) is 49.4 Å². The minimum atomic E-state index is 0.528. The quantitative estimate of drug-likeness (QED) is 0.519. The number of nitrogens with one attached hydrogen (secondary N) is 1. The van der Waals surface area contributed by atoms with E-state index in [0.29, 0.717) is 19.8 Å². The molecular formula is C16H17Br2NO2. The molecule has 3 nitrogen and oxygen atoms in total. The molecule has 1 N–H and O–H groups in total. The zero-order valence-corrected chi connectivity index (χ0v) is 14.9. The highest BCUT2D eigenvalue weighted by Gasteiger charge is 2.09. The van der Waals surface area contributed by atoms with Gasteiger partial charge in [-0.2, -0.15) is 5.48 Å². The summed E-state index contributed by atoms with van der Waals surface area (Å²) in [4.78, 5) is 5.50. The van der Waals surface area contributed by atoms with Gasteiger partial charge in [0.15, 0.2) is 0 Å². The first-order chi connectivity index (χ1) is 10.2. The van der Waals surface area contributed by atoms with Crippen LogP contribution in [0, 0.1) is 0 Å². The Bertz CT molecular complexity index is 576. The third-order valence-corrected chi connectivity index (χ3v) is 3.87. The van der Waals surface area contributed by atoms with Crippen molar-refractivity contribution in [1.29, 1.82) is 0 Å². The average Bonchev–Trinajstić information content (AvgIpc) is 2.48.